The van der Waals surface area contributed by atoms with E-state index in [1.54, 1.807) is 23.4 Å². The summed E-state index contributed by atoms with van der Waals surface area (Å²) in [6, 6.07) is 9.81. The fraction of sp³-hybridized carbons (Fsp3) is 0.200. The molecule has 6 nitrogen and oxygen atoms in total. The molecule has 1 aliphatic rings. The molecule has 104 valence electrons. The maximum Gasteiger partial charge on any atom is 0.298 e. The molecule has 1 atom stereocenters. The zero-order chi connectivity index (χ0) is 14.4. The Kier molecular flexibility index (Phi) is 2.50. The van der Waals surface area contributed by atoms with E-state index in [1.165, 1.54) is 10.1 Å². The fourth-order valence-corrected chi connectivity index (χ4v) is 2.81. The van der Waals surface area contributed by atoms with E-state index in [1.807, 2.05) is 25.1 Å². The van der Waals surface area contributed by atoms with Gasteiger partial charge in [0.15, 0.2) is 0 Å². The monoisotopic (exact) mass is 279 g/mol. The highest BCUT2D eigenvalue weighted by molar-refractivity contribution is 6.05. The molecule has 1 amide bonds. The highest BCUT2D eigenvalue weighted by Crippen LogP contribution is 2.32. The second kappa shape index (κ2) is 4.37. The van der Waals surface area contributed by atoms with Crippen LogP contribution in [0.3, 0.4) is 0 Å². The second-order valence-electron chi connectivity index (χ2n) is 5.16. The maximum absolute atomic E-state index is 12.7. The highest BCUT2D eigenvalue weighted by Gasteiger charge is 2.33. The summed E-state index contributed by atoms with van der Waals surface area (Å²) in [6.07, 6.45) is 4.22. The smallest absolute Gasteiger partial charge is 0.298 e. The van der Waals surface area contributed by atoms with Crippen LogP contribution in [0.25, 0.3) is 5.78 Å². The van der Waals surface area contributed by atoms with Gasteiger partial charge in [0.2, 0.25) is 5.82 Å². The van der Waals surface area contributed by atoms with Crippen LogP contribution in [0, 0.1) is 0 Å². The van der Waals surface area contributed by atoms with Gasteiger partial charge in [-0.15, -0.1) is 5.10 Å². The summed E-state index contributed by atoms with van der Waals surface area (Å²) in [7, 11) is 0. The number of carbonyl (C=O) groups is 1. The molecule has 2 aromatic heterocycles. The van der Waals surface area contributed by atoms with Crippen LogP contribution in [0.1, 0.15) is 23.1 Å². The summed E-state index contributed by atoms with van der Waals surface area (Å²) < 4.78 is 1.51. The van der Waals surface area contributed by atoms with Gasteiger partial charge in [0.25, 0.3) is 11.7 Å². The van der Waals surface area contributed by atoms with Gasteiger partial charge < -0.3 is 4.90 Å². The molecule has 4 rings (SSSR count). The van der Waals surface area contributed by atoms with Crippen LogP contribution in [-0.4, -0.2) is 31.5 Å². The molecule has 1 unspecified atom stereocenters. The third kappa shape index (κ3) is 1.79. The Morgan fingerprint density at radius 2 is 2.14 bits per heavy atom. The van der Waals surface area contributed by atoms with E-state index in [0.717, 1.165) is 12.1 Å². The van der Waals surface area contributed by atoms with Crippen molar-refractivity contribution < 1.29 is 4.79 Å². The number of hydrogen-bond donors (Lipinski definition) is 0. The topological polar surface area (TPSA) is 63.4 Å². The molecule has 21 heavy (non-hydrogen) atoms. The van der Waals surface area contributed by atoms with Crippen molar-refractivity contribution >= 4 is 17.4 Å². The van der Waals surface area contributed by atoms with Crippen molar-refractivity contribution in [2.24, 2.45) is 0 Å². The molecule has 0 spiro atoms. The first-order valence-corrected chi connectivity index (χ1v) is 6.83. The average Bonchev–Trinajstić information content (AvgIpc) is 3.06. The first kappa shape index (κ1) is 12.0. The van der Waals surface area contributed by atoms with Gasteiger partial charge in [-0.3, -0.25) is 4.79 Å². The quantitative estimate of drug-likeness (QED) is 0.680. The lowest BCUT2D eigenvalue weighted by Crippen LogP contribution is -2.36. The molecule has 0 bridgehead atoms. The molecule has 0 aliphatic carbocycles. The molecule has 0 saturated carbocycles. The number of fused-ring (bicyclic) bond motifs is 2. The predicted octanol–water partition coefficient (Wildman–Crippen LogP) is 1.72. The van der Waals surface area contributed by atoms with E-state index in [0.29, 0.717) is 5.78 Å². The Morgan fingerprint density at radius 3 is 3.00 bits per heavy atom. The molecule has 0 saturated heterocycles. The van der Waals surface area contributed by atoms with Crippen LogP contribution in [-0.2, 0) is 6.42 Å². The summed E-state index contributed by atoms with van der Waals surface area (Å²) in [5.74, 6) is 0.427. The van der Waals surface area contributed by atoms with E-state index in [-0.39, 0.29) is 17.8 Å². The fourth-order valence-electron chi connectivity index (χ4n) is 2.81. The van der Waals surface area contributed by atoms with Gasteiger partial charge in [-0.1, -0.05) is 18.2 Å². The second-order valence-corrected chi connectivity index (χ2v) is 5.16. The molecule has 6 heteroatoms. The lowest BCUT2D eigenvalue weighted by molar-refractivity contribution is 0.0971. The number of amides is 1. The summed E-state index contributed by atoms with van der Waals surface area (Å²) in [5.41, 5.74) is 2.13. The van der Waals surface area contributed by atoms with E-state index in [4.69, 9.17) is 0 Å². The van der Waals surface area contributed by atoms with Crippen molar-refractivity contribution in [3.8, 4) is 0 Å². The van der Waals surface area contributed by atoms with E-state index in [2.05, 4.69) is 21.1 Å². The summed E-state index contributed by atoms with van der Waals surface area (Å²) >= 11 is 0. The molecule has 0 radical (unpaired) electrons. The van der Waals surface area contributed by atoms with Crippen LogP contribution >= 0.6 is 0 Å². The Hall–Kier alpha value is -2.76. The van der Waals surface area contributed by atoms with Gasteiger partial charge in [0.1, 0.15) is 0 Å². The van der Waals surface area contributed by atoms with Gasteiger partial charge in [-0.25, -0.2) is 9.50 Å². The Labute approximate surface area is 121 Å². The van der Waals surface area contributed by atoms with Crippen LogP contribution in [0.5, 0.6) is 0 Å². The van der Waals surface area contributed by atoms with Crippen LogP contribution in [0.4, 0.5) is 5.69 Å². The van der Waals surface area contributed by atoms with E-state index < -0.39 is 0 Å². The third-order valence-electron chi connectivity index (χ3n) is 3.73. The van der Waals surface area contributed by atoms with Crippen molar-refractivity contribution in [2.75, 3.05) is 4.90 Å². The van der Waals surface area contributed by atoms with Crippen molar-refractivity contribution in [3.05, 3.63) is 54.1 Å². The molecule has 3 heterocycles. The van der Waals surface area contributed by atoms with Crippen LogP contribution in [0.15, 0.2) is 42.7 Å². The van der Waals surface area contributed by atoms with Crippen molar-refractivity contribution in [2.45, 2.75) is 19.4 Å². The lowest BCUT2D eigenvalue weighted by atomic mass is 10.1. The molecule has 1 aliphatic heterocycles. The zero-order valence-electron chi connectivity index (χ0n) is 11.5. The van der Waals surface area contributed by atoms with Gasteiger partial charge in [-0.2, -0.15) is 4.98 Å². The van der Waals surface area contributed by atoms with Gasteiger partial charge in [0.05, 0.1) is 0 Å². The first-order valence-electron chi connectivity index (χ1n) is 6.83. The van der Waals surface area contributed by atoms with Gasteiger partial charge in [-0.05, 0) is 31.0 Å². The number of para-hydroxylation sites is 1. The van der Waals surface area contributed by atoms with Gasteiger partial charge >= 0.3 is 0 Å². The Balaban J connectivity index is 1.77. The standard InChI is InChI=1S/C15H13N5O/c1-10-9-11-5-2-3-6-12(11)20(10)14(21)13-17-15-16-7-4-8-19(15)18-13/h2-8,10H,9H2,1H3. The first-order chi connectivity index (χ1) is 10.2. The summed E-state index contributed by atoms with van der Waals surface area (Å²) in [6.45, 7) is 2.03. The van der Waals surface area contributed by atoms with Crippen molar-refractivity contribution in [3.63, 3.8) is 0 Å². The SMILES string of the molecule is CC1Cc2ccccc2N1C(=O)c1nc2ncccn2n1. The number of aromatic nitrogens is 4. The highest BCUT2D eigenvalue weighted by atomic mass is 16.2. The minimum absolute atomic E-state index is 0.106. The Morgan fingerprint density at radius 1 is 1.29 bits per heavy atom. The summed E-state index contributed by atoms with van der Waals surface area (Å²) in [4.78, 5) is 22.8. The minimum atomic E-state index is -0.182. The number of hydrogen-bond acceptors (Lipinski definition) is 4. The van der Waals surface area contributed by atoms with Crippen LogP contribution in [0.2, 0.25) is 0 Å². The van der Waals surface area contributed by atoms with Crippen molar-refractivity contribution in [1.29, 1.82) is 0 Å². The Bertz CT molecular complexity index is 808. The number of nitrogens with zero attached hydrogens (tertiary/aromatic N) is 5. The number of benzene rings is 1. The zero-order valence-corrected chi connectivity index (χ0v) is 11.5. The molecular weight excluding hydrogens is 266 g/mol. The van der Waals surface area contributed by atoms with E-state index in [9.17, 15) is 4.79 Å². The molecular formula is C15H13N5O. The van der Waals surface area contributed by atoms with E-state index >= 15 is 0 Å². The largest absolute Gasteiger partial charge is 0.302 e. The van der Waals surface area contributed by atoms with Crippen molar-refractivity contribution in [1.82, 2.24) is 19.6 Å². The number of anilines is 1. The maximum atomic E-state index is 12.7. The summed E-state index contributed by atoms with van der Waals surface area (Å²) in [5, 5.41) is 4.22. The molecule has 0 fully saturated rings. The normalized spacial score (nSPS) is 17.2. The third-order valence-corrected chi connectivity index (χ3v) is 3.73. The number of carbonyl (C=O) groups excluding carboxylic acids is 1. The van der Waals surface area contributed by atoms with Gasteiger partial charge in [0, 0.05) is 24.1 Å². The molecule has 0 N–H and O–H groups in total. The molecule has 3 aromatic rings. The molecule has 1 aromatic carbocycles. The lowest BCUT2D eigenvalue weighted by Gasteiger charge is -2.20. The predicted molar refractivity (Wildman–Crippen MR) is 77.2 cm³/mol. The van der Waals surface area contributed by atoms with Crippen LogP contribution < -0.4 is 4.90 Å². The number of rotatable bonds is 1. The average molecular weight is 279 g/mol. The minimum Gasteiger partial charge on any atom is -0.302 e.